The molecule has 2 N–H and O–H groups in total. The van der Waals surface area contributed by atoms with Gasteiger partial charge in [0.1, 0.15) is 0 Å². The van der Waals surface area contributed by atoms with Gasteiger partial charge in [-0.2, -0.15) is 5.10 Å². The molecule has 4 rings (SSSR count). The van der Waals surface area contributed by atoms with Crippen molar-refractivity contribution < 1.29 is 9.59 Å². The lowest BCUT2D eigenvalue weighted by atomic mass is 10.1. The number of anilines is 1. The highest BCUT2D eigenvalue weighted by Gasteiger charge is 2.21. The number of rotatable bonds is 5. The van der Waals surface area contributed by atoms with Gasteiger partial charge in [0.15, 0.2) is 0 Å². The molecule has 8 nitrogen and oxygen atoms in total. The van der Waals surface area contributed by atoms with Gasteiger partial charge in [-0.15, -0.1) is 0 Å². The van der Waals surface area contributed by atoms with Gasteiger partial charge in [0.2, 0.25) is 11.8 Å². The molecule has 0 radical (unpaired) electrons. The summed E-state index contributed by atoms with van der Waals surface area (Å²) in [6.07, 6.45) is -0.00758. The highest BCUT2D eigenvalue weighted by atomic mass is 16.2. The van der Waals surface area contributed by atoms with Crippen LogP contribution in [-0.4, -0.2) is 59.6 Å². The molecule has 0 spiro atoms. The molecular weight excluding hydrogens is 382 g/mol. The summed E-state index contributed by atoms with van der Waals surface area (Å²) in [5, 5.41) is 10.2. The number of nitrogens with zero attached hydrogens (tertiary/aromatic N) is 3. The number of fused-ring (bicyclic) bond motifs is 1. The molecule has 8 heteroatoms. The van der Waals surface area contributed by atoms with Crippen LogP contribution in [0.25, 0.3) is 10.8 Å². The molecule has 0 unspecified atom stereocenters. The third-order valence-electron chi connectivity index (χ3n) is 5.29. The summed E-state index contributed by atoms with van der Waals surface area (Å²) in [5.74, 6) is -0.411. The molecule has 2 aromatic carbocycles. The van der Waals surface area contributed by atoms with Crippen molar-refractivity contribution in [2.45, 2.75) is 6.42 Å². The van der Waals surface area contributed by atoms with E-state index in [9.17, 15) is 14.4 Å². The van der Waals surface area contributed by atoms with Crippen molar-refractivity contribution in [3.63, 3.8) is 0 Å². The van der Waals surface area contributed by atoms with Gasteiger partial charge in [-0.25, -0.2) is 5.10 Å². The number of para-hydroxylation sites is 1. The Kier molecular flexibility index (Phi) is 5.74. The molecule has 1 aliphatic rings. The normalized spacial score (nSPS) is 14.0. The predicted molar refractivity (Wildman–Crippen MR) is 114 cm³/mol. The largest absolute Gasteiger partial charge is 0.368 e. The van der Waals surface area contributed by atoms with Gasteiger partial charge in [-0.1, -0.05) is 36.4 Å². The average molecular weight is 405 g/mol. The van der Waals surface area contributed by atoms with Crippen molar-refractivity contribution in [3.8, 4) is 0 Å². The minimum atomic E-state index is -0.309. The number of benzene rings is 2. The van der Waals surface area contributed by atoms with Gasteiger partial charge in [0, 0.05) is 37.3 Å². The second kappa shape index (κ2) is 8.77. The standard InChI is InChI=1S/C22H23N5O3/c28-20(14-19-17-8-4-5-9-18(17)22(30)25-24-19)23-15-21(29)27-12-10-26(11-13-27)16-6-2-1-3-7-16/h1-9H,10-15H2,(H,23,28)(H,25,30). The number of carbonyl (C=O) groups excluding carboxylic acids is 2. The first-order chi connectivity index (χ1) is 14.6. The molecule has 30 heavy (non-hydrogen) atoms. The Bertz CT molecular complexity index is 1100. The van der Waals surface area contributed by atoms with Gasteiger partial charge >= 0.3 is 0 Å². The molecule has 2 heterocycles. The van der Waals surface area contributed by atoms with E-state index in [1.165, 1.54) is 0 Å². The Hall–Kier alpha value is -3.68. The second-order valence-electron chi connectivity index (χ2n) is 7.20. The Labute approximate surface area is 173 Å². The van der Waals surface area contributed by atoms with E-state index < -0.39 is 0 Å². The summed E-state index contributed by atoms with van der Waals surface area (Å²) < 4.78 is 0. The Morgan fingerprint density at radius 2 is 1.60 bits per heavy atom. The number of hydrogen-bond donors (Lipinski definition) is 2. The third kappa shape index (κ3) is 4.32. The Morgan fingerprint density at radius 3 is 2.33 bits per heavy atom. The lowest BCUT2D eigenvalue weighted by Crippen LogP contribution is -2.51. The molecular formula is C22H23N5O3. The quantitative estimate of drug-likeness (QED) is 0.658. The van der Waals surface area contributed by atoms with Crippen LogP contribution in [0.3, 0.4) is 0 Å². The molecule has 0 atom stereocenters. The topological polar surface area (TPSA) is 98.4 Å². The van der Waals surface area contributed by atoms with E-state index >= 15 is 0 Å². The van der Waals surface area contributed by atoms with Crippen LogP contribution < -0.4 is 15.8 Å². The predicted octanol–water partition coefficient (Wildman–Crippen LogP) is 0.931. The highest BCUT2D eigenvalue weighted by Crippen LogP contribution is 2.15. The van der Waals surface area contributed by atoms with Gasteiger partial charge in [0.25, 0.3) is 5.56 Å². The van der Waals surface area contributed by atoms with E-state index in [1.54, 1.807) is 29.2 Å². The third-order valence-corrected chi connectivity index (χ3v) is 5.29. The van der Waals surface area contributed by atoms with Gasteiger partial charge < -0.3 is 15.1 Å². The number of amides is 2. The lowest BCUT2D eigenvalue weighted by molar-refractivity contribution is -0.133. The van der Waals surface area contributed by atoms with E-state index in [0.29, 0.717) is 29.6 Å². The van der Waals surface area contributed by atoms with Gasteiger partial charge in [-0.3, -0.25) is 14.4 Å². The minimum Gasteiger partial charge on any atom is -0.368 e. The zero-order valence-electron chi connectivity index (χ0n) is 16.5. The van der Waals surface area contributed by atoms with Crippen LogP contribution in [-0.2, 0) is 16.0 Å². The summed E-state index contributed by atoms with van der Waals surface area (Å²) in [4.78, 5) is 40.7. The zero-order chi connectivity index (χ0) is 20.9. The van der Waals surface area contributed by atoms with Crippen LogP contribution >= 0.6 is 0 Å². The van der Waals surface area contributed by atoms with E-state index in [2.05, 4.69) is 32.5 Å². The first kappa shape index (κ1) is 19.6. The summed E-state index contributed by atoms with van der Waals surface area (Å²) in [5.41, 5.74) is 1.34. The maximum Gasteiger partial charge on any atom is 0.272 e. The molecule has 0 bridgehead atoms. The highest BCUT2D eigenvalue weighted by molar-refractivity contribution is 5.90. The van der Waals surface area contributed by atoms with Crippen LogP contribution in [0.15, 0.2) is 59.4 Å². The van der Waals surface area contributed by atoms with E-state index in [0.717, 1.165) is 18.8 Å². The number of carbonyl (C=O) groups is 2. The maximum atomic E-state index is 12.5. The number of aromatic nitrogens is 2. The SMILES string of the molecule is O=C(Cc1n[nH]c(=O)c2ccccc12)NCC(=O)N1CCN(c2ccccc2)CC1. The van der Waals surface area contributed by atoms with Crippen LogP contribution in [0.2, 0.25) is 0 Å². The first-order valence-corrected chi connectivity index (χ1v) is 9.92. The molecule has 0 saturated carbocycles. The summed E-state index contributed by atoms with van der Waals surface area (Å²) in [6, 6.07) is 17.1. The second-order valence-corrected chi connectivity index (χ2v) is 7.20. The molecule has 1 fully saturated rings. The summed E-state index contributed by atoms with van der Waals surface area (Å²) in [6.45, 7) is 2.71. The number of H-pyrrole nitrogens is 1. The van der Waals surface area contributed by atoms with Crippen molar-refractivity contribution in [1.82, 2.24) is 20.4 Å². The van der Waals surface area contributed by atoms with Gasteiger partial charge in [-0.05, 0) is 18.2 Å². The Balaban J connectivity index is 1.29. The van der Waals surface area contributed by atoms with Crippen molar-refractivity contribution in [2.75, 3.05) is 37.6 Å². The minimum absolute atomic E-state index is 0.00758. The number of aromatic amines is 1. The summed E-state index contributed by atoms with van der Waals surface area (Å²) in [7, 11) is 0. The van der Waals surface area contributed by atoms with Crippen LogP contribution in [0.1, 0.15) is 5.69 Å². The fourth-order valence-corrected chi connectivity index (χ4v) is 3.66. The van der Waals surface area contributed by atoms with Crippen LogP contribution in [0.4, 0.5) is 5.69 Å². The first-order valence-electron chi connectivity index (χ1n) is 9.92. The van der Waals surface area contributed by atoms with Crippen molar-refractivity contribution in [2.24, 2.45) is 0 Å². The van der Waals surface area contributed by atoms with E-state index in [4.69, 9.17) is 0 Å². The molecule has 3 aromatic rings. The van der Waals surface area contributed by atoms with Crippen molar-refractivity contribution >= 4 is 28.3 Å². The van der Waals surface area contributed by atoms with Crippen molar-refractivity contribution in [1.29, 1.82) is 0 Å². The average Bonchev–Trinajstić information content (AvgIpc) is 2.80. The summed E-state index contributed by atoms with van der Waals surface area (Å²) >= 11 is 0. The molecule has 1 aromatic heterocycles. The number of piperazine rings is 1. The van der Waals surface area contributed by atoms with Crippen LogP contribution in [0, 0.1) is 0 Å². The number of hydrogen-bond acceptors (Lipinski definition) is 5. The molecule has 1 saturated heterocycles. The fourth-order valence-electron chi connectivity index (χ4n) is 3.66. The van der Waals surface area contributed by atoms with Gasteiger partial charge in [0.05, 0.1) is 24.0 Å². The smallest absolute Gasteiger partial charge is 0.272 e. The van der Waals surface area contributed by atoms with Crippen molar-refractivity contribution in [3.05, 3.63) is 70.6 Å². The van der Waals surface area contributed by atoms with E-state index in [-0.39, 0.29) is 30.3 Å². The fraction of sp³-hybridized carbons (Fsp3) is 0.273. The monoisotopic (exact) mass is 405 g/mol. The van der Waals surface area contributed by atoms with Crippen LogP contribution in [0.5, 0.6) is 0 Å². The molecule has 0 aliphatic carbocycles. The maximum absolute atomic E-state index is 12.5. The molecule has 1 aliphatic heterocycles. The van der Waals surface area contributed by atoms with E-state index in [1.807, 2.05) is 18.2 Å². The number of nitrogens with one attached hydrogen (secondary N) is 2. The zero-order valence-corrected chi connectivity index (χ0v) is 16.5. The molecule has 154 valence electrons. The molecule has 2 amide bonds. The lowest BCUT2D eigenvalue weighted by Gasteiger charge is -2.36. The Morgan fingerprint density at radius 1 is 0.933 bits per heavy atom.